The van der Waals surface area contributed by atoms with Crippen molar-refractivity contribution in [2.75, 3.05) is 27.2 Å². The van der Waals surface area contributed by atoms with Gasteiger partial charge in [0.05, 0.1) is 5.56 Å². The number of aliphatic hydroxyl groups is 3. The molecule has 0 unspecified atom stereocenters. The van der Waals surface area contributed by atoms with Gasteiger partial charge in [-0.3, -0.25) is 14.4 Å². The average molecular weight is 562 g/mol. The molecule has 10 heteroatoms. The van der Waals surface area contributed by atoms with Gasteiger partial charge in [0.15, 0.2) is 11.4 Å². The largest absolute Gasteiger partial charge is 0.508 e. The second kappa shape index (κ2) is 10.4. The number of benzene rings is 2. The maximum Gasteiger partial charge on any atom is 0.255 e. The number of carbonyl (C=O) groups is 3. The minimum atomic E-state index is -2.58. The average Bonchev–Trinajstić information content (AvgIpc) is 2.89. The third-order valence-corrected chi connectivity index (χ3v) is 8.60. The lowest BCUT2D eigenvalue weighted by atomic mass is 9.59. The number of aromatic hydroxyl groups is 1. The molecular formula is C31H35N3O7. The molecule has 2 aromatic rings. The van der Waals surface area contributed by atoms with E-state index in [1.807, 2.05) is 33.2 Å². The summed E-state index contributed by atoms with van der Waals surface area (Å²) < 4.78 is 0. The summed E-state index contributed by atoms with van der Waals surface area (Å²) in [6.45, 7) is 4.36. The van der Waals surface area contributed by atoms with Crippen molar-refractivity contribution in [3.8, 4) is 16.9 Å². The topological polar surface area (TPSA) is 173 Å². The summed E-state index contributed by atoms with van der Waals surface area (Å²) in [4.78, 5) is 40.3. The van der Waals surface area contributed by atoms with E-state index in [9.17, 15) is 34.8 Å². The van der Waals surface area contributed by atoms with Gasteiger partial charge in [-0.1, -0.05) is 18.2 Å². The van der Waals surface area contributed by atoms with Crippen molar-refractivity contribution in [2.45, 2.75) is 38.3 Å². The van der Waals surface area contributed by atoms with E-state index in [-0.39, 0.29) is 36.1 Å². The van der Waals surface area contributed by atoms with Crippen LogP contribution in [0.5, 0.6) is 5.75 Å². The molecule has 10 nitrogen and oxygen atoms in total. The number of amides is 1. The van der Waals surface area contributed by atoms with E-state index in [0.717, 1.165) is 35.3 Å². The number of rotatable bonds is 7. The van der Waals surface area contributed by atoms with E-state index in [2.05, 4.69) is 16.3 Å². The van der Waals surface area contributed by atoms with Crippen molar-refractivity contribution in [3.05, 3.63) is 69.5 Å². The number of aryl methyl sites for hydroxylation is 1. The van der Waals surface area contributed by atoms with Crippen molar-refractivity contribution in [2.24, 2.45) is 17.6 Å². The summed E-state index contributed by atoms with van der Waals surface area (Å²) in [7, 11) is 4.03. The number of fused-ring (bicyclic) bond motifs is 3. The fourth-order valence-electron chi connectivity index (χ4n) is 6.48. The number of primary amides is 1. The number of phenols is 1. The molecule has 3 aliphatic rings. The summed E-state index contributed by atoms with van der Waals surface area (Å²) in [6.07, 6.45) is -0.00739. The van der Waals surface area contributed by atoms with Crippen LogP contribution in [0.1, 0.15) is 35.1 Å². The highest BCUT2D eigenvalue weighted by Crippen LogP contribution is 2.53. The maximum atomic E-state index is 13.7. The Labute approximate surface area is 237 Å². The van der Waals surface area contributed by atoms with Crippen LogP contribution in [0, 0.1) is 18.8 Å². The Morgan fingerprint density at radius 2 is 1.83 bits per heavy atom. The number of ketones is 2. The standard InChI is InChI=1S/C31H35N3O7/c1-15-4-5-16(14-33-8-9-34(2)3)10-20(15)19-6-7-22(35)25-21(19)12-17-11-18-13-23(36)26(30(32)40)29(39)31(18,41)28(38)24(17)27(25)37/h4-7,10,17-18,33,35,37,39,41H,8-9,11-14H2,1-3H3,(H2,32,40)/t17-,18+,31+/m1/s1. The van der Waals surface area contributed by atoms with Gasteiger partial charge in [-0.2, -0.15) is 0 Å². The molecule has 0 bridgehead atoms. The van der Waals surface area contributed by atoms with Crippen molar-refractivity contribution in [1.82, 2.24) is 10.2 Å². The number of nitrogens with two attached hydrogens (primary N) is 1. The Kier molecular flexibility index (Phi) is 7.27. The van der Waals surface area contributed by atoms with E-state index in [1.165, 1.54) is 6.07 Å². The zero-order valence-corrected chi connectivity index (χ0v) is 23.3. The predicted octanol–water partition coefficient (Wildman–Crippen LogP) is 2.05. The normalized spacial score (nSPS) is 23.9. The fourth-order valence-corrected chi connectivity index (χ4v) is 6.48. The third-order valence-electron chi connectivity index (χ3n) is 8.60. The molecule has 3 aliphatic carbocycles. The Bertz CT molecular complexity index is 1540. The van der Waals surface area contributed by atoms with Crippen LogP contribution in [0.2, 0.25) is 0 Å². The predicted molar refractivity (Wildman–Crippen MR) is 152 cm³/mol. The minimum Gasteiger partial charge on any atom is -0.508 e. The van der Waals surface area contributed by atoms with Gasteiger partial charge in [-0.05, 0) is 79.7 Å². The van der Waals surface area contributed by atoms with Gasteiger partial charge in [0.1, 0.15) is 22.8 Å². The maximum absolute atomic E-state index is 13.7. The molecule has 0 aromatic heterocycles. The first-order chi connectivity index (χ1) is 19.4. The van der Waals surface area contributed by atoms with E-state index in [1.54, 1.807) is 6.07 Å². The van der Waals surface area contributed by atoms with Crippen molar-refractivity contribution in [3.63, 3.8) is 0 Å². The Morgan fingerprint density at radius 3 is 2.51 bits per heavy atom. The molecule has 0 spiro atoms. The number of nitrogens with one attached hydrogen (secondary N) is 1. The van der Waals surface area contributed by atoms with Crippen molar-refractivity contribution >= 4 is 23.2 Å². The molecule has 0 heterocycles. The van der Waals surface area contributed by atoms with E-state index < -0.39 is 52.0 Å². The van der Waals surface area contributed by atoms with Gasteiger partial charge in [0.2, 0.25) is 5.78 Å². The monoisotopic (exact) mass is 561 g/mol. The third kappa shape index (κ3) is 4.61. The van der Waals surface area contributed by atoms with Crippen LogP contribution in [0.25, 0.3) is 16.9 Å². The summed E-state index contributed by atoms with van der Waals surface area (Å²) >= 11 is 0. The summed E-state index contributed by atoms with van der Waals surface area (Å²) in [5.74, 6) is -6.38. The molecule has 1 fully saturated rings. The van der Waals surface area contributed by atoms with Gasteiger partial charge in [-0.15, -0.1) is 0 Å². The number of hydrogen-bond acceptors (Lipinski definition) is 9. The number of Topliss-reactive ketones (excluding diaryl/α,β-unsaturated/α-hetero) is 2. The van der Waals surface area contributed by atoms with Crippen molar-refractivity contribution in [1.29, 1.82) is 0 Å². The van der Waals surface area contributed by atoms with Gasteiger partial charge in [0, 0.05) is 37.5 Å². The number of carbonyl (C=O) groups excluding carboxylic acids is 3. The number of aliphatic hydroxyl groups excluding tert-OH is 2. The van der Waals surface area contributed by atoms with Crippen LogP contribution in [0.4, 0.5) is 0 Å². The molecule has 41 heavy (non-hydrogen) atoms. The molecule has 216 valence electrons. The highest BCUT2D eigenvalue weighted by atomic mass is 16.3. The first-order valence-corrected chi connectivity index (χ1v) is 13.6. The van der Waals surface area contributed by atoms with Gasteiger partial charge < -0.3 is 36.4 Å². The highest BCUT2D eigenvalue weighted by Gasteiger charge is 2.60. The van der Waals surface area contributed by atoms with Gasteiger partial charge in [-0.25, -0.2) is 0 Å². The lowest BCUT2D eigenvalue weighted by Crippen LogP contribution is -2.58. The molecule has 3 atom stereocenters. The van der Waals surface area contributed by atoms with E-state index in [0.29, 0.717) is 12.1 Å². The van der Waals surface area contributed by atoms with Crippen molar-refractivity contribution < 1.29 is 34.8 Å². The van der Waals surface area contributed by atoms with Gasteiger partial charge in [0.25, 0.3) is 5.91 Å². The van der Waals surface area contributed by atoms with Crippen LogP contribution < -0.4 is 11.1 Å². The summed E-state index contributed by atoms with van der Waals surface area (Å²) in [6, 6.07) is 9.38. The van der Waals surface area contributed by atoms with Crippen LogP contribution in [0.15, 0.2) is 47.2 Å². The molecule has 0 radical (unpaired) electrons. The number of hydrogen-bond donors (Lipinski definition) is 6. The van der Waals surface area contributed by atoms with E-state index in [4.69, 9.17) is 5.73 Å². The molecule has 0 saturated heterocycles. The lowest BCUT2D eigenvalue weighted by Gasteiger charge is -2.46. The summed E-state index contributed by atoms with van der Waals surface area (Å²) in [5.41, 5.74) is 6.23. The minimum absolute atomic E-state index is 0.0866. The zero-order valence-electron chi connectivity index (χ0n) is 23.3. The smallest absolute Gasteiger partial charge is 0.255 e. The lowest BCUT2D eigenvalue weighted by molar-refractivity contribution is -0.147. The first kappa shape index (κ1) is 28.5. The van der Waals surface area contributed by atoms with Crippen LogP contribution in [-0.2, 0) is 27.3 Å². The molecule has 1 amide bonds. The quantitative estimate of drug-likeness (QED) is 0.218. The zero-order chi connectivity index (χ0) is 29.8. The highest BCUT2D eigenvalue weighted by molar-refractivity contribution is 6.22. The van der Waals surface area contributed by atoms with E-state index >= 15 is 0 Å². The van der Waals surface area contributed by atoms with Crippen LogP contribution in [-0.4, -0.2) is 75.6 Å². The second-order valence-electron chi connectivity index (χ2n) is 11.5. The summed E-state index contributed by atoms with van der Waals surface area (Å²) in [5, 5.41) is 47.9. The van der Waals surface area contributed by atoms with Crippen LogP contribution in [0.3, 0.4) is 0 Å². The van der Waals surface area contributed by atoms with Gasteiger partial charge >= 0.3 is 0 Å². The molecule has 2 aromatic carbocycles. The molecular weight excluding hydrogens is 526 g/mol. The number of nitrogens with zero attached hydrogens (tertiary/aromatic N) is 1. The Morgan fingerprint density at radius 1 is 1.10 bits per heavy atom. The Hall–Kier alpha value is -3.99. The Balaban J connectivity index is 1.59. The first-order valence-electron chi connectivity index (χ1n) is 13.6. The molecule has 1 saturated carbocycles. The number of likely N-dealkylation sites (N-methyl/N-ethyl adjacent to an activating group) is 1. The second-order valence-corrected chi connectivity index (χ2v) is 11.5. The number of phenolic OH excluding ortho intramolecular Hbond substituents is 1. The SMILES string of the molecule is Cc1ccc(CNCCN(C)C)cc1-c1ccc(O)c2c1C[C@H]1C[C@H]3CC(=O)C(C(N)=O)=C(O)[C@@]3(O)C(=O)C1=C2O. The molecule has 5 rings (SSSR count). The molecule has 7 N–H and O–H groups in total. The fraction of sp³-hybridized carbons (Fsp3) is 0.387. The molecule has 0 aliphatic heterocycles. The van der Waals surface area contributed by atoms with Crippen LogP contribution >= 0.6 is 0 Å².